The van der Waals surface area contributed by atoms with Crippen molar-refractivity contribution < 1.29 is 23.6 Å². The quantitative estimate of drug-likeness (QED) is 0.556. The number of nitrogens with zero attached hydrogens (tertiary/aromatic N) is 3. The van der Waals surface area contributed by atoms with E-state index in [1.807, 2.05) is 32.9 Å². The Labute approximate surface area is 172 Å². The Kier molecular flexibility index (Phi) is 6.09. The number of ether oxygens (including phenoxy) is 3. The molecule has 0 amide bonds. The molecule has 0 saturated heterocycles. The fourth-order valence-electron chi connectivity index (χ4n) is 2.65. The first-order valence-electron chi connectivity index (χ1n) is 8.98. The van der Waals surface area contributed by atoms with E-state index in [2.05, 4.69) is 19.1 Å². The van der Waals surface area contributed by atoms with Gasteiger partial charge in [-0.15, -0.1) is 0 Å². The molecule has 0 spiro atoms. The third kappa shape index (κ3) is 4.68. The first kappa shape index (κ1) is 21.1. The highest BCUT2D eigenvalue weighted by Crippen LogP contribution is 2.37. The molecule has 2 heterocycles. The Morgan fingerprint density at radius 2 is 2.03 bits per heavy atom. The SMILES string of the molecule is COC(=O)c1cnc([C@H]2CC(=N[S+]([O-])C(C)(C)C)c3ccc(OC)cc3O2)cn1. The molecule has 1 unspecified atom stereocenters. The van der Waals surface area contributed by atoms with E-state index in [9.17, 15) is 9.35 Å². The Morgan fingerprint density at radius 3 is 2.62 bits per heavy atom. The number of aromatic nitrogens is 2. The minimum atomic E-state index is -1.43. The van der Waals surface area contributed by atoms with Gasteiger partial charge in [0, 0.05) is 18.1 Å². The molecule has 2 atom stereocenters. The van der Waals surface area contributed by atoms with Crippen LogP contribution in [0, 0.1) is 0 Å². The minimum Gasteiger partial charge on any atom is -0.591 e. The van der Waals surface area contributed by atoms with E-state index in [1.54, 1.807) is 13.2 Å². The first-order chi connectivity index (χ1) is 13.7. The summed E-state index contributed by atoms with van der Waals surface area (Å²) in [5, 5.41) is 0. The summed E-state index contributed by atoms with van der Waals surface area (Å²) in [6, 6.07) is 5.41. The second-order valence-corrected chi connectivity index (χ2v) is 9.30. The molecule has 1 aromatic heterocycles. The standard InChI is InChI=1S/C20H23N3O5S/c1-20(2,3)29(25)23-14-9-18(15-10-22-16(11-21-15)19(24)27-5)28-17-8-12(26-4)6-7-13(14)17/h6-8,10-11,18H,9H2,1-5H3/t18-,29?/m1/s1. The maximum atomic E-state index is 12.6. The smallest absolute Gasteiger partial charge is 0.358 e. The third-order valence-corrected chi connectivity index (χ3v) is 5.69. The van der Waals surface area contributed by atoms with E-state index in [0.717, 1.165) is 5.56 Å². The lowest BCUT2D eigenvalue weighted by atomic mass is 9.98. The second kappa shape index (κ2) is 8.38. The molecule has 0 aliphatic carbocycles. The van der Waals surface area contributed by atoms with E-state index in [-0.39, 0.29) is 5.69 Å². The number of rotatable bonds is 4. The van der Waals surface area contributed by atoms with Gasteiger partial charge in [0.1, 0.15) is 39.4 Å². The zero-order chi connectivity index (χ0) is 21.2. The normalized spacial score (nSPS) is 18.6. The average molecular weight is 417 g/mol. The van der Waals surface area contributed by atoms with E-state index in [0.29, 0.717) is 29.3 Å². The van der Waals surface area contributed by atoms with Gasteiger partial charge in [0.25, 0.3) is 0 Å². The Balaban J connectivity index is 1.99. The Morgan fingerprint density at radius 1 is 1.28 bits per heavy atom. The van der Waals surface area contributed by atoms with E-state index >= 15 is 0 Å². The molecule has 8 nitrogen and oxygen atoms in total. The highest BCUT2D eigenvalue weighted by Gasteiger charge is 2.33. The van der Waals surface area contributed by atoms with Gasteiger partial charge < -0.3 is 18.8 Å². The summed E-state index contributed by atoms with van der Waals surface area (Å²) in [7, 11) is 2.85. The van der Waals surface area contributed by atoms with Gasteiger partial charge in [-0.3, -0.25) is 4.98 Å². The second-order valence-electron chi connectivity index (χ2n) is 7.39. The lowest BCUT2D eigenvalue weighted by Gasteiger charge is -2.27. The highest BCUT2D eigenvalue weighted by atomic mass is 32.2. The van der Waals surface area contributed by atoms with Crippen molar-refractivity contribution >= 4 is 23.0 Å². The first-order valence-corrected chi connectivity index (χ1v) is 10.1. The number of carbonyl (C=O) groups excluding carboxylic acids is 1. The number of carbonyl (C=O) groups is 1. The summed E-state index contributed by atoms with van der Waals surface area (Å²) < 4.78 is 32.7. The molecular formula is C20H23N3O5S. The topological polar surface area (TPSA) is 106 Å². The molecule has 3 rings (SSSR count). The number of fused-ring (bicyclic) bond motifs is 1. The van der Waals surface area contributed by atoms with Crippen molar-refractivity contribution in [3.05, 3.63) is 47.5 Å². The number of benzene rings is 1. The predicted octanol–water partition coefficient (Wildman–Crippen LogP) is 3.05. The summed E-state index contributed by atoms with van der Waals surface area (Å²) >= 11 is -1.43. The molecule has 2 aromatic rings. The van der Waals surface area contributed by atoms with Crippen LogP contribution in [0.4, 0.5) is 0 Å². The molecule has 9 heteroatoms. The molecule has 0 fully saturated rings. The molecule has 1 aliphatic heterocycles. The maximum absolute atomic E-state index is 12.6. The van der Waals surface area contributed by atoms with Crippen LogP contribution in [0.1, 0.15) is 55.0 Å². The molecule has 1 aromatic carbocycles. The zero-order valence-electron chi connectivity index (χ0n) is 17.0. The summed E-state index contributed by atoms with van der Waals surface area (Å²) in [4.78, 5) is 20.0. The van der Waals surface area contributed by atoms with Crippen LogP contribution in [-0.2, 0) is 16.1 Å². The van der Waals surface area contributed by atoms with Gasteiger partial charge in [-0.2, -0.15) is 0 Å². The monoisotopic (exact) mass is 417 g/mol. The molecule has 29 heavy (non-hydrogen) atoms. The van der Waals surface area contributed by atoms with Crippen molar-refractivity contribution in [3.63, 3.8) is 0 Å². The van der Waals surface area contributed by atoms with Gasteiger partial charge in [0.05, 0.1) is 32.3 Å². The predicted molar refractivity (Wildman–Crippen MR) is 109 cm³/mol. The highest BCUT2D eigenvalue weighted by molar-refractivity contribution is 7.91. The summed E-state index contributed by atoms with van der Waals surface area (Å²) in [6.45, 7) is 5.61. The van der Waals surface area contributed by atoms with Gasteiger partial charge >= 0.3 is 5.97 Å². The summed E-state index contributed by atoms with van der Waals surface area (Å²) in [5.74, 6) is 0.628. The van der Waals surface area contributed by atoms with Gasteiger partial charge in [0.15, 0.2) is 5.69 Å². The van der Waals surface area contributed by atoms with Crippen molar-refractivity contribution in [1.82, 2.24) is 9.97 Å². The fourth-order valence-corrected chi connectivity index (χ4v) is 3.30. The van der Waals surface area contributed by atoms with E-state index < -0.39 is 28.2 Å². The van der Waals surface area contributed by atoms with Crippen LogP contribution < -0.4 is 9.47 Å². The molecule has 154 valence electrons. The van der Waals surface area contributed by atoms with Gasteiger partial charge in [-0.25, -0.2) is 9.78 Å². The van der Waals surface area contributed by atoms with Crippen molar-refractivity contribution in [2.75, 3.05) is 14.2 Å². The lowest BCUT2D eigenvalue weighted by molar-refractivity contribution is 0.0593. The van der Waals surface area contributed by atoms with Crippen molar-refractivity contribution in [2.45, 2.75) is 38.0 Å². The molecular weight excluding hydrogens is 394 g/mol. The minimum absolute atomic E-state index is 0.108. The van der Waals surface area contributed by atoms with Gasteiger partial charge in [-0.1, -0.05) is 4.40 Å². The molecule has 0 bridgehead atoms. The van der Waals surface area contributed by atoms with Crippen LogP contribution in [0.3, 0.4) is 0 Å². The third-order valence-electron chi connectivity index (χ3n) is 4.26. The van der Waals surface area contributed by atoms with Gasteiger partial charge in [-0.05, 0) is 32.9 Å². The maximum Gasteiger partial charge on any atom is 0.358 e. The molecule has 0 N–H and O–H groups in total. The Hall–Kier alpha value is -2.65. The largest absolute Gasteiger partial charge is 0.591 e. The van der Waals surface area contributed by atoms with Crippen LogP contribution in [0.2, 0.25) is 0 Å². The molecule has 1 aliphatic rings. The van der Waals surface area contributed by atoms with Gasteiger partial charge in [0.2, 0.25) is 0 Å². The average Bonchev–Trinajstić information content (AvgIpc) is 2.71. The van der Waals surface area contributed by atoms with E-state index in [4.69, 9.17) is 9.47 Å². The fraction of sp³-hybridized carbons (Fsp3) is 0.400. The number of hydrogen-bond acceptors (Lipinski definition) is 8. The molecule has 0 radical (unpaired) electrons. The van der Waals surface area contributed by atoms with Crippen LogP contribution in [0.15, 0.2) is 35.0 Å². The number of methoxy groups -OCH3 is 2. The summed E-state index contributed by atoms with van der Waals surface area (Å²) in [6.07, 6.45) is 2.69. The van der Waals surface area contributed by atoms with Crippen molar-refractivity contribution in [2.24, 2.45) is 4.40 Å². The zero-order valence-corrected chi connectivity index (χ0v) is 17.8. The van der Waals surface area contributed by atoms with Crippen LogP contribution in [0.25, 0.3) is 0 Å². The Bertz CT molecular complexity index is 925. The van der Waals surface area contributed by atoms with Crippen molar-refractivity contribution in [3.8, 4) is 11.5 Å². The number of hydrogen-bond donors (Lipinski definition) is 0. The van der Waals surface area contributed by atoms with Crippen LogP contribution in [-0.4, -0.2) is 45.2 Å². The van der Waals surface area contributed by atoms with Crippen molar-refractivity contribution in [1.29, 1.82) is 0 Å². The van der Waals surface area contributed by atoms with Crippen LogP contribution in [0.5, 0.6) is 11.5 Å². The van der Waals surface area contributed by atoms with E-state index in [1.165, 1.54) is 19.5 Å². The van der Waals surface area contributed by atoms with Crippen LogP contribution >= 0.6 is 0 Å². The lowest BCUT2D eigenvalue weighted by Crippen LogP contribution is -2.29. The molecule has 0 saturated carbocycles. The summed E-state index contributed by atoms with van der Waals surface area (Å²) in [5.41, 5.74) is 2.06. The number of esters is 1.